The molecule has 3 nitrogen and oxygen atoms in total. The predicted molar refractivity (Wildman–Crippen MR) is 66.5 cm³/mol. The molecule has 0 spiro atoms. The normalized spacial score (nSPS) is 11.2. The number of hydrogen-bond donors (Lipinski definition) is 1. The van der Waals surface area contributed by atoms with Crippen LogP contribution in [0.4, 0.5) is 0 Å². The number of thiophene rings is 1. The maximum Gasteiger partial charge on any atom is 0.208 e. The van der Waals surface area contributed by atoms with E-state index in [0.29, 0.717) is 12.6 Å². The van der Waals surface area contributed by atoms with Crippen LogP contribution in [0.15, 0.2) is 22.7 Å². The molecule has 0 saturated carbocycles. The molecule has 2 rings (SSSR count). The summed E-state index contributed by atoms with van der Waals surface area (Å²) in [5, 5.41) is 3.28. The van der Waals surface area contributed by atoms with Crippen LogP contribution in [0, 0.1) is 6.92 Å². The summed E-state index contributed by atoms with van der Waals surface area (Å²) in [6, 6.07) is 4.61. The van der Waals surface area contributed by atoms with Crippen LogP contribution in [0.2, 0.25) is 0 Å². The largest absolute Gasteiger partial charge is 0.438 e. The summed E-state index contributed by atoms with van der Waals surface area (Å²) in [5.74, 6) is 1.61. The van der Waals surface area contributed by atoms with Crippen molar-refractivity contribution in [3.63, 3.8) is 0 Å². The number of rotatable bonds is 4. The molecular weight excluding hydrogens is 220 g/mol. The van der Waals surface area contributed by atoms with Crippen molar-refractivity contribution in [3.05, 3.63) is 29.1 Å². The standard InChI is InChI=1S/C12H16N2OS/c1-8(2)13-7-12-14-6-10(15-12)11-5-4-9(3)16-11/h4-6,8,13H,7H2,1-3H3. The lowest BCUT2D eigenvalue weighted by Crippen LogP contribution is -2.21. The molecule has 4 heteroatoms. The number of oxazole rings is 1. The summed E-state index contributed by atoms with van der Waals surface area (Å²) in [6.45, 7) is 6.98. The molecule has 2 aromatic rings. The van der Waals surface area contributed by atoms with Gasteiger partial charge in [-0.05, 0) is 19.1 Å². The van der Waals surface area contributed by atoms with E-state index < -0.39 is 0 Å². The van der Waals surface area contributed by atoms with Gasteiger partial charge in [0.15, 0.2) is 5.76 Å². The topological polar surface area (TPSA) is 38.1 Å². The molecule has 0 saturated heterocycles. The Morgan fingerprint density at radius 3 is 2.88 bits per heavy atom. The van der Waals surface area contributed by atoms with Crippen LogP contribution in [0.3, 0.4) is 0 Å². The van der Waals surface area contributed by atoms with E-state index in [2.05, 4.69) is 43.2 Å². The van der Waals surface area contributed by atoms with Crippen molar-refractivity contribution in [2.24, 2.45) is 0 Å². The second-order valence-electron chi connectivity index (χ2n) is 4.06. The van der Waals surface area contributed by atoms with Crippen LogP contribution in [-0.2, 0) is 6.54 Å². The van der Waals surface area contributed by atoms with Gasteiger partial charge in [-0.25, -0.2) is 4.98 Å². The van der Waals surface area contributed by atoms with E-state index in [-0.39, 0.29) is 0 Å². The smallest absolute Gasteiger partial charge is 0.208 e. The van der Waals surface area contributed by atoms with Crippen LogP contribution < -0.4 is 5.32 Å². The third-order valence-corrected chi connectivity index (χ3v) is 3.21. The van der Waals surface area contributed by atoms with Gasteiger partial charge in [0.2, 0.25) is 5.89 Å². The number of hydrogen-bond acceptors (Lipinski definition) is 4. The average Bonchev–Trinajstić information content (AvgIpc) is 2.83. The predicted octanol–water partition coefficient (Wildman–Crippen LogP) is 3.21. The van der Waals surface area contributed by atoms with E-state index >= 15 is 0 Å². The zero-order valence-electron chi connectivity index (χ0n) is 9.78. The fourth-order valence-corrected chi connectivity index (χ4v) is 2.18. The lowest BCUT2D eigenvalue weighted by molar-refractivity contribution is 0.459. The Bertz CT molecular complexity index is 459. The summed E-state index contributed by atoms with van der Waals surface area (Å²) >= 11 is 1.72. The Morgan fingerprint density at radius 1 is 1.44 bits per heavy atom. The first-order valence-electron chi connectivity index (χ1n) is 5.40. The minimum Gasteiger partial charge on any atom is -0.438 e. The average molecular weight is 236 g/mol. The zero-order chi connectivity index (χ0) is 11.5. The molecule has 16 heavy (non-hydrogen) atoms. The second-order valence-corrected chi connectivity index (χ2v) is 5.35. The van der Waals surface area contributed by atoms with Crippen molar-refractivity contribution in [2.75, 3.05) is 0 Å². The molecule has 0 aliphatic heterocycles. The summed E-state index contributed by atoms with van der Waals surface area (Å²) < 4.78 is 5.67. The Morgan fingerprint density at radius 2 is 2.25 bits per heavy atom. The lowest BCUT2D eigenvalue weighted by atomic mass is 10.4. The summed E-state index contributed by atoms with van der Waals surface area (Å²) in [4.78, 5) is 6.68. The summed E-state index contributed by atoms with van der Waals surface area (Å²) in [6.07, 6.45) is 1.79. The van der Waals surface area contributed by atoms with E-state index in [1.165, 1.54) is 4.88 Å². The molecular formula is C12H16N2OS. The van der Waals surface area contributed by atoms with Crippen LogP contribution in [-0.4, -0.2) is 11.0 Å². The maximum atomic E-state index is 5.67. The highest BCUT2D eigenvalue weighted by molar-refractivity contribution is 7.15. The highest BCUT2D eigenvalue weighted by Gasteiger charge is 2.08. The van der Waals surface area contributed by atoms with E-state index in [4.69, 9.17) is 4.42 Å². The van der Waals surface area contributed by atoms with Crippen molar-refractivity contribution in [2.45, 2.75) is 33.4 Å². The monoisotopic (exact) mass is 236 g/mol. The molecule has 0 aliphatic carbocycles. The van der Waals surface area contributed by atoms with Crippen molar-refractivity contribution in [1.82, 2.24) is 10.3 Å². The highest BCUT2D eigenvalue weighted by Crippen LogP contribution is 2.27. The van der Waals surface area contributed by atoms with E-state index in [9.17, 15) is 0 Å². The van der Waals surface area contributed by atoms with Crippen LogP contribution in [0.5, 0.6) is 0 Å². The second kappa shape index (κ2) is 4.80. The van der Waals surface area contributed by atoms with E-state index in [1.807, 2.05) is 0 Å². The molecule has 2 heterocycles. The first-order chi connectivity index (χ1) is 7.65. The van der Waals surface area contributed by atoms with Gasteiger partial charge < -0.3 is 9.73 Å². The van der Waals surface area contributed by atoms with Gasteiger partial charge in [-0.2, -0.15) is 0 Å². The quantitative estimate of drug-likeness (QED) is 0.885. The van der Waals surface area contributed by atoms with Crippen molar-refractivity contribution in [3.8, 4) is 10.6 Å². The van der Waals surface area contributed by atoms with Gasteiger partial charge in [0.1, 0.15) is 0 Å². The van der Waals surface area contributed by atoms with Crippen molar-refractivity contribution < 1.29 is 4.42 Å². The van der Waals surface area contributed by atoms with Crippen molar-refractivity contribution >= 4 is 11.3 Å². The molecule has 0 bridgehead atoms. The minimum absolute atomic E-state index is 0.444. The van der Waals surface area contributed by atoms with Gasteiger partial charge in [0, 0.05) is 10.9 Å². The Hall–Kier alpha value is -1.13. The molecule has 2 aromatic heterocycles. The molecule has 0 unspecified atom stereocenters. The number of aromatic nitrogens is 1. The summed E-state index contributed by atoms with van der Waals surface area (Å²) in [7, 11) is 0. The summed E-state index contributed by atoms with van der Waals surface area (Å²) in [5.41, 5.74) is 0. The van der Waals surface area contributed by atoms with E-state index in [0.717, 1.165) is 16.5 Å². The van der Waals surface area contributed by atoms with Gasteiger partial charge in [-0.3, -0.25) is 0 Å². The third kappa shape index (κ3) is 2.71. The first-order valence-corrected chi connectivity index (χ1v) is 6.21. The fourth-order valence-electron chi connectivity index (χ4n) is 1.36. The van der Waals surface area contributed by atoms with Gasteiger partial charge >= 0.3 is 0 Å². The Kier molecular flexibility index (Phi) is 3.41. The van der Waals surface area contributed by atoms with Gasteiger partial charge in [0.25, 0.3) is 0 Å². The fraction of sp³-hybridized carbons (Fsp3) is 0.417. The Balaban J connectivity index is 2.07. The maximum absolute atomic E-state index is 5.67. The van der Waals surface area contributed by atoms with Crippen LogP contribution in [0.25, 0.3) is 10.6 Å². The first kappa shape index (κ1) is 11.4. The molecule has 0 aliphatic rings. The SMILES string of the molecule is Cc1ccc(-c2cnc(CNC(C)C)o2)s1. The number of aryl methyl sites for hydroxylation is 1. The van der Waals surface area contributed by atoms with Gasteiger partial charge in [0.05, 0.1) is 17.6 Å². The molecule has 0 amide bonds. The van der Waals surface area contributed by atoms with Gasteiger partial charge in [-0.1, -0.05) is 13.8 Å². The Labute approximate surface area is 99.5 Å². The number of nitrogens with zero attached hydrogens (tertiary/aromatic N) is 1. The molecule has 0 aromatic carbocycles. The molecule has 0 fully saturated rings. The van der Waals surface area contributed by atoms with Gasteiger partial charge in [-0.15, -0.1) is 11.3 Å². The molecule has 1 N–H and O–H groups in total. The molecule has 0 radical (unpaired) electrons. The molecule has 0 atom stereocenters. The number of nitrogens with one attached hydrogen (secondary N) is 1. The van der Waals surface area contributed by atoms with E-state index in [1.54, 1.807) is 17.5 Å². The highest BCUT2D eigenvalue weighted by atomic mass is 32.1. The third-order valence-electron chi connectivity index (χ3n) is 2.20. The minimum atomic E-state index is 0.444. The van der Waals surface area contributed by atoms with Crippen molar-refractivity contribution in [1.29, 1.82) is 0 Å². The van der Waals surface area contributed by atoms with Crippen LogP contribution in [0.1, 0.15) is 24.6 Å². The lowest BCUT2D eigenvalue weighted by Gasteiger charge is -2.03. The molecule has 86 valence electrons. The van der Waals surface area contributed by atoms with Crippen LogP contribution >= 0.6 is 11.3 Å². The zero-order valence-corrected chi connectivity index (χ0v) is 10.6.